The third-order valence-corrected chi connectivity index (χ3v) is 3.55. The maximum absolute atomic E-state index is 13.3. The van der Waals surface area contributed by atoms with Crippen LogP contribution in [0.3, 0.4) is 0 Å². The summed E-state index contributed by atoms with van der Waals surface area (Å²) in [5.74, 6) is -3.33. The Balaban J connectivity index is 3.11. The largest absolute Gasteiger partial charge is 0.465 e. The van der Waals surface area contributed by atoms with Gasteiger partial charge in [0, 0.05) is 6.42 Å². The molecule has 0 amide bonds. The Hall–Kier alpha value is -1.89. The SMILES string of the molecule is CCOC(=O)C(C)C(=O)CC(O)(c1ccc(C)cc1)C(F)(F)F. The summed E-state index contributed by atoms with van der Waals surface area (Å²) < 4.78 is 44.7. The number of ether oxygens (including phenoxy) is 1. The van der Waals surface area contributed by atoms with Gasteiger partial charge in [-0.15, -0.1) is 0 Å². The fraction of sp³-hybridized carbons (Fsp3) is 0.500. The monoisotopic (exact) mass is 332 g/mol. The molecule has 1 N–H and O–H groups in total. The van der Waals surface area contributed by atoms with E-state index >= 15 is 0 Å². The fourth-order valence-corrected chi connectivity index (χ4v) is 2.00. The number of esters is 1. The summed E-state index contributed by atoms with van der Waals surface area (Å²) in [5, 5.41) is 10.1. The Morgan fingerprint density at radius 1 is 1.22 bits per heavy atom. The number of hydrogen-bond donors (Lipinski definition) is 1. The minimum absolute atomic E-state index is 0.0119. The first-order valence-corrected chi connectivity index (χ1v) is 7.08. The summed E-state index contributed by atoms with van der Waals surface area (Å²) in [4.78, 5) is 23.5. The van der Waals surface area contributed by atoms with Gasteiger partial charge in [0.2, 0.25) is 0 Å². The Morgan fingerprint density at radius 3 is 2.17 bits per heavy atom. The lowest BCUT2D eigenvalue weighted by Gasteiger charge is -2.31. The Kier molecular flexibility index (Phi) is 5.93. The minimum atomic E-state index is -5.06. The van der Waals surface area contributed by atoms with Crippen LogP contribution in [0.1, 0.15) is 31.4 Å². The van der Waals surface area contributed by atoms with Crippen LogP contribution in [0.4, 0.5) is 13.2 Å². The number of carbonyl (C=O) groups excluding carboxylic acids is 2. The molecule has 128 valence electrons. The van der Waals surface area contributed by atoms with Crippen LogP contribution in [0.15, 0.2) is 24.3 Å². The molecule has 4 nitrogen and oxygen atoms in total. The number of halogens is 3. The molecule has 0 aliphatic carbocycles. The number of carbonyl (C=O) groups is 2. The van der Waals surface area contributed by atoms with Crippen LogP contribution >= 0.6 is 0 Å². The number of ketones is 1. The molecule has 7 heteroatoms. The Morgan fingerprint density at radius 2 is 1.74 bits per heavy atom. The summed E-state index contributed by atoms with van der Waals surface area (Å²) in [5.41, 5.74) is -3.08. The van der Waals surface area contributed by atoms with Gasteiger partial charge in [0.05, 0.1) is 6.61 Å². The number of rotatable bonds is 6. The summed E-state index contributed by atoms with van der Waals surface area (Å²) >= 11 is 0. The molecule has 0 aromatic heterocycles. The summed E-state index contributed by atoms with van der Waals surface area (Å²) in [7, 11) is 0. The lowest BCUT2D eigenvalue weighted by atomic mass is 9.84. The van der Waals surface area contributed by atoms with Crippen molar-refractivity contribution < 1.29 is 32.6 Å². The van der Waals surface area contributed by atoms with E-state index in [1.807, 2.05) is 0 Å². The highest BCUT2D eigenvalue weighted by molar-refractivity contribution is 5.99. The molecule has 0 radical (unpaired) electrons. The number of aryl methyl sites for hydroxylation is 1. The van der Waals surface area contributed by atoms with Crippen molar-refractivity contribution in [3.05, 3.63) is 35.4 Å². The first-order chi connectivity index (χ1) is 10.5. The normalized spacial score (nSPS) is 15.6. The van der Waals surface area contributed by atoms with Crippen molar-refractivity contribution in [1.29, 1.82) is 0 Å². The molecule has 1 rings (SSSR count). The minimum Gasteiger partial charge on any atom is -0.465 e. The molecule has 0 fully saturated rings. The van der Waals surface area contributed by atoms with Crippen LogP contribution < -0.4 is 0 Å². The van der Waals surface area contributed by atoms with Gasteiger partial charge < -0.3 is 9.84 Å². The van der Waals surface area contributed by atoms with E-state index in [1.54, 1.807) is 6.92 Å². The van der Waals surface area contributed by atoms with Crippen LogP contribution in [-0.2, 0) is 19.9 Å². The van der Waals surface area contributed by atoms with Gasteiger partial charge in [-0.05, 0) is 26.3 Å². The molecule has 1 aromatic rings. The zero-order valence-electron chi connectivity index (χ0n) is 13.1. The standard InChI is InChI=1S/C16H19F3O4/c1-4-23-14(21)11(3)13(20)9-15(22,16(17,18)19)12-7-5-10(2)6-8-12/h5-8,11,22H,4,9H2,1-3H3. The number of benzene rings is 1. The van der Waals surface area contributed by atoms with E-state index in [0.717, 1.165) is 19.1 Å². The van der Waals surface area contributed by atoms with Gasteiger partial charge in [0.1, 0.15) is 11.7 Å². The summed E-state index contributed by atoms with van der Waals surface area (Å²) in [6.45, 7) is 4.38. The lowest BCUT2D eigenvalue weighted by molar-refractivity contribution is -0.267. The molecular formula is C16H19F3O4. The van der Waals surface area contributed by atoms with Crippen molar-refractivity contribution in [2.45, 2.75) is 39.0 Å². The molecule has 0 spiro atoms. The van der Waals surface area contributed by atoms with Crippen LogP contribution in [0, 0.1) is 12.8 Å². The highest BCUT2D eigenvalue weighted by Gasteiger charge is 2.56. The quantitative estimate of drug-likeness (QED) is 0.643. The summed E-state index contributed by atoms with van der Waals surface area (Å²) in [6, 6.07) is 5.05. The Bertz CT molecular complexity index is 566. The van der Waals surface area contributed by atoms with E-state index in [-0.39, 0.29) is 6.61 Å². The third kappa shape index (κ3) is 4.31. The second kappa shape index (κ2) is 7.12. The van der Waals surface area contributed by atoms with E-state index in [4.69, 9.17) is 0 Å². The predicted octanol–water partition coefficient (Wildman–Crippen LogP) is 2.90. The van der Waals surface area contributed by atoms with E-state index in [9.17, 15) is 27.9 Å². The Labute approximate surface area is 132 Å². The molecule has 0 heterocycles. The average molecular weight is 332 g/mol. The van der Waals surface area contributed by atoms with Crippen LogP contribution in [0.5, 0.6) is 0 Å². The second-order valence-corrected chi connectivity index (χ2v) is 5.34. The molecule has 0 saturated heterocycles. The maximum atomic E-state index is 13.3. The van der Waals surface area contributed by atoms with Crippen molar-refractivity contribution in [3.63, 3.8) is 0 Å². The van der Waals surface area contributed by atoms with Crippen molar-refractivity contribution in [2.24, 2.45) is 5.92 Å². The van der Waals surface area contributed by atoms with E-state index in [0.29, 0.717) is 5.56 Å². The first-order valence-electron chi connectivity index (χ1n) is 7.08. The number of aliphatic hydroxyl groups is 1. The van der Waals surface area contributed by atoms with E-state index < -0.39 is 41.4 Å². The van der Waals surface area contributed by atoms with Gasteiger partial charge in [-0.1, -0.05) is 29.8 Å². The van der Waals surface area contributed by atoms with Gasteiger partial charge in [-0.3, -0.25) is 9.59 Å². The molecule has 2 unspecified atom stereocenters. The van der Waals surface area contributed by atoms with Crippen molar-refractivity contribution in [1.82, 2.24) is 0 Å². The van der Waals surface area contributed by atoms with Crippen molar-refractivity contribution in [3.8, 4) is 0 Å². The van der Waals surface area contributed by atoms with Gasteiger partial charge in [0.15, 0.2) is 5.60 Å². The van der Waals surface area contributed by atoms with Crippen LogP contribution in [-0.4, -0.2) is 29.6 Å². The average Bonchev–Trinajstić information content (AvgIpc) is 2.45. The summed E-state index contributed by atoms with van der Waals surface area (Å²) in [6.07, 6.45) is -6.31. The number of hydrogen-bond acceptors (Lipinski definition) is 4. The highest BCUT2D eigenvalue weighted by atomic mass is 19.4. The van der Waals surface area contributed by atoms with Gasteiger partial charge in [0.25, 0.3) is 0 Å². The molecule has 0 saturated carbocycles. The van der Waals surface area contributed by atoms with Gasteiger partial charge >= 0.3 is 12.1 Å². The second-order valence-electron chi connectivity index (χ2n) is 5.34. The van der Waals surface area contributed by atoms with Crippen molar-refractivity contribution in [2.75, 3.05) is 6.61 Å². The molecule has 1 aromatic carbocycles. The van der Waals surface area contributed by atoms with Crippen LogP contribution in [0.2, 0.25) is 0 Å². The first kappa shape index (κ1) is 19.2. The van der Waals surface area contributed by atoms with Gasteiger partial charge in [-0.25, -0.2) is 0 Å². The number of alkyl halides is 3. The zero-order valence-corrected chi connectivity index (χ0v) is 13.1. The third-order valence-electron chi connectivity index (χ3n) is 3.55. The van der Waals surface area contributed by atoms with E-state index in [2.05, 4.69) is 4.74 Å². The molecule has 0 aliphatic rings. The topological polar surface area (TPSA) is 63.6 Å². The lowest BCUT2D eigenvalue weighted by Crippen LogP contribution is -2.45. The molecular weight excluding hydrogens is 313 g/mol. The highest BCUT2D eigenvalue weighted by Crippen LogP contribution is 2.42. The molecule has 0 bridgehead atoms. The zero-order chi connectivity index (χ0) is 17.8. The van der Waals surface area contributed by atoms with Crippen LogP contribution in [0.25, 0.3) is 0 Å². The smallest absolute Gasteiger partial charge is 0.421 e. The van der Waals surface area contributed by atoms with Gasteiger partial charge in [-0.2, -0.15) is 13.2 Å². The van der Waals surface area contributed by atoms with Crippen molar-refractivity contribution >= 4 is 11.8 Å². The molecule has 23 heavy (non-hydrogen) atoms. The predicted molar refractivity (Wildman–Crippen MR) is 76.6 cm³/mol. The fourth-order valence-electron chi connectivity index (χ4n) is 2.00. The number of Topliss-reactive ketones (excluding diaryl/α,β-unsaturated/α-hetero) is 1. The molecule has 2 atom stereocenters. The van der Waals surface area contributed by atoms with E-state index in [1.165, 1.54) is 19.1 Å². The molecule has 0 aliphatic heterocycles. The maximum Gasteiger partial charge on any atom is 0.421 e.